The minimum Gasteiger partial charge on any atom is -0.490 e. The van der Waals surface area contributed by atoms with Crippen LogP contribution in [0.5, 0.6) is 5.75 Å². The van der Waals surface area contributed by atoms with E-state index in [1.807, 2.05) is 6.07 Å². The molecule has 23 heavy (non-hydrogen) atoms. The number of halogens is 1. The Kier molecular flexibility index (Phi) is 5.63. The molecule has 0 spiro atoms. The highest BCUT2D eigenvalue weighted by atomic mass is 127. The first-order valence-electron chi connectivity index (χ1n) is 6.42. The van der Waals surface area contributed by atoms with Gasteiger partial charge >= 0.3 is 5.69 Å². The third-order valence-electron chi connectivity index (χ3n) is 2.87. The fourth-order valence-electron chi connectivity index (χ4n) is 1.79. The van der Waals surface area contributed by atoms with Crippen LogP contribution in [0.25, 0.3) is 0 Å². The first kappa shape index (κ1) is 16.9. The number of hydrogen-bond donors (Lipinski definition) is 1. The predicted octanol–water partition coefficient (Wildman–Crippen LogP) is 2.97. The van der Waals surface area contributed by atoms with E-state index in [2.05, 4.69) is 33.1 Å². The van der Waals surface area contributed by atoms with Gasteiger partial charge in [-0.2, -0.15) is 5.10 Å². The van der Waals surface area contributed by atoms with Crippen LogP contribution in [0.3, 0.4) is 0 Å². The van der Waals surface area contributed by atoms with Crippen molar-refractivity contribution in [2.24, 2.45) is 5.10 Å². The van der Waals surface area contributed by atoms with Crippen molar-refractivity contribution in [1.29, 1.82) is 0 Å². The van der Waals surface area contributed by atoms with Crippen LogP contribution in [-0.4, -0.2) is 24.2 Å². The number of carbonyl (C=O) groups is 1. The average molecular weight is 425 g/mol. The molecule has 7 nitrogen and oxygen atoms in total. The Morgan fingerprint density at radius 3 is 2.78 bits per heavy atom. The lowest BCUT2D eigenvalue weighted by Gasteiger charge is -2.02. The molecule has 0 saturated carbocycles. The number of amides is 1. The summed E-state index contributed by atoms with van der Waals surface area (Å²) in [4.78, 5) is 22.3. The summed E-state index contributed by atoms with van der Waals surface area (Å²) >= 11 is 2.11. The largest absolute Gasteiger partial charge is 0.490 e. The minimum absolute atomic E-state index is 0.162. The summed E-state index contributed by atoms with van der Waals surface area (Å²) in [5, 5.41) is 14.8. The zero-order valence-corrected chi connectivity index (χ0v) is 14.2. The summed E-state index contributed by atoms with van der Waals surface area (Å²) in [5.41, 5.74) is 3.17. The van der Waals surface area contributed by atoms with E-state index in [-0.39, 0.29) is 17.3 Å². The Hall–Kier alpha value is -2.49. The molecule has 0 aliphatic rings. The van der Waals surface area contributed by atoms with Crippen LogP contribution in [0.1, 0.15) is 15.9 Å². The number of nitrogens with zero attached hydrogens (tertiary/aromatic N) is 2. The third-order valence-corrected chi connectivity index (χ3v) is 3.54. The fraction of sp³-hybridized carbons (Fsp3) is 0.0667. The monoisotopic (exact) mass is 425 g/mol. The topological polar surface area (TPSA) is 93.8 Å². The molecule has 0 bridgehead atoms. The van der Waals surface area contributed by atoms with E-state index in [1.54, 1.807) is 24.3 Å². The van der Waals surface area contributed by atoms with Crippen LogP contribution in [0.4, 0.5) is 5.69 Å². The summed E-state index contributed by atoms with van der Waals surface area (Å²) in [6, 6.07) is 11.4. The molecule has 2 aromatic carbocycles. The third kappa shape index (κ3) is 4.49. The normalized spacial score (nSPS) is 10.5. The zero-order valence-electron chi connectivity index (χ0n) is 12.0. The highest BCUT2D eigenvalue weighted by Crippen LogP contribution is 2.26. The van der Waals surface area contributed by atoms with Gasteiger partial charge in [-0.1, -0.05) is 6.07 Å². The Morgan fingerprint density at radius 1 is 1.35 bits per heavy atom. The molecule has 8 heteroatoms. The van der Waals surface area contributed by atoms with Gasteiger partial charge in [0, 0.05) is 20.8 Å². The van der Waals surface area contributed by atoms with Crippen molar-refractivity contribution in [1.82, 2.24) is 5.43 Å². The van der Waals surface area contributed by atoms with Crippen LogP contribution in [0.15, 0.2) is 47.6 Å². The molecule has 0 saturated heterocycles. The van der Waals surface area contributed by atoms with Crippen molar-refractivity contribution in [2.75, 3.05) is 7.11 Å². The fourth-order valence-corrected chi connectivity index (χ4v) is 2.33. The molecular formula is C15H12IN3O4. The van der Waals surface area contributed by atoms with Crippen molar-refractivity contribution in [3.63, 3.8) is 0 Å². The quantitative estimate of drug-likeness (QED) is 0.345. The van der Waals surface area contributed by atoms with Gasteiger partial charge in [0.1, 0.15) is 0 Å². The maximum atomic E-state index is 11.9. The van der Waals surface area contributed by atoms with Crippen molar-refractivity contribution in [3.8, 4) is 5.75 Å². The summed E-state index contributed by atoms with van der Waals surface area (Å²) in [7, 11) is 1.36. The molecule has 0 radical (unpaired) electrons. The number of hydrazone groups is 1. The molecule has 1 amide bonds. The summed E-state index contributed by atoms with van der Waals surface area (Å²) in [6.07, 6.45) is 1.33. The lowest BCUT2D eigenvalue weighted by molar-refractivity contribution is -0.385. The van der Waals surface area contributed by atoms with Crippen LogP contribution in [0.2, 0.25) is 0 Å². The van der Waals surface area contributed by atoms with Gasteiger partial charge in [0.2, 0.25) is 0 Å². The van der Waals surface area contributed by atoms with E-state index in [4.69, 9.17) is 4.74 Å². The molecule has 1 N–H and O–H groups in total. The maximum Gasteiger partial charge on any atom is 0.311 e. The number of methoxy groups -OCH3 is 1. The van der Waals surface area contributed by atoms with E-state index < -0.39 is 4.92 Å². The van der Waals surface area contributed by atoms with E-state index in [0.717, 1.165) is 3.57 Å². The Balaban J connectivity index is 2.10. The highest BCUT2D eigenvalue weighted by molar-refractivity contribution is 14.1. The van der Waals surface area contributed by atoms with E-state index in [1.165, 1.54) is 25.5 Å². The van der Waals surface area contributed by atoms with Crippen LogP contribution >= 0.6 is 22.6 Å². The van der Waals surface area contributed by atoms with Crippen LogP contribution in [-0.2, 0) is 0 Å². The van der Waals surface area contributed by atoms with E-state index in [0.29, 0.717) is 11.1 Å². The Bertz CT molecular complexity index is 777. The average Bonchev–Trinajstić information content (AvgIpc) is 2.54. The van der Waals surface area contributed by atoms with Crippen molar-refractivity contribution in [3.05, 3.63) is 67.3 Å². The van der Waals surface area contributed by atoms with Gasteiger partial charge in [-0.3, -0.25) is 14.9 Å². The maximum absolute atomic E-state index is 11.9. The molecule has 0 aliphatic heterocycles. The molecule has 0 aliphatic carbocycles. The van der Waals surface area contributed by atoms with Crippen LogP contribution < -0.4 is 10.2 Å². The molecule has 0 fully saturated rings. The van der Waals surface area contributed by atoms with Gasteiger partial charge in [-0.05, 0) is 52.9 Å². The second-order valence-corrected chi connectivity index (χ2v) is 5.64. The standard InChI is InChI=1S/C15H12IN3O4/c1-23-14-6-5-10(7-13(14)19(21)22)9-17-18-15(20)11-3-2-4-12(16)8-11/h2-9H,1H3,(H,18,20)/b17-9-. The van der Waals surface area contributed by atoms with Crippen LogP contribution in [0, 0.1) is 13.7 Å². The number of hydrogen-bond acceptors (Lipinski definition) is 5. The van der Waals surface area contributed by atoms with E-state index >= 15 is 0 Å². The molecule has 0 unspecified atom stereocenters. The summed E-state index contributed by atoms with van der Waals surface area (Å²) in [6.45, 7) is 0. The molecule has 2 aromatic rings. The number of rotatable bonds is 5. The number of carbonyl (C=O) groups excluding carboxylic acids is 1. The number of nitro benzene ring substituents is 1. The van der Waals surface area contributed by atoms with Crippen molar-refractivity contribution >= 4 is 40.4 Å². The number of nitrogens with one attached hydrogen (secondary N) is 1. The molecule has 2 rings (SSSR count). The SMILES string of the molecule is COc1ccc(/C=N\NC(=O)c2cccc(I)c2)cc1[N+](=O)[O-]. The Labute approximate surface area is 145 Å². The van der Waals surface area contributed by atoms with Gasteiger partial charge in [-0.25, -0.2) is 5.43 Å². The Morgan fingerprint density at radius 2 is 2.13 bits per heavy atom. The minimum atomic E-state index is -0.541. The van der Waals surface area contributed by atoms with E-state index in [9.17, 15) is 14.9 Å². The number of nitro groups is 1. The van der Waals surface area contributed by atoms with Gasteiger partial charge in [-0.15, -0.1) is 0 Å². The van der Waals surface area contributed by atoms with Crippen molar-refractivity contribution in [2.45, 2.75) is 0 Å². The second-order valence-electron chi connectivity index (χ2n) is 4.40. The first-order valence-corrected chi connectivity index (χ1v) is 7.50. The van der Waals surface area contributed by atoms with Gasteiger partial charge in [0.05, 0.1) is 18.2 Å². The number of ether oxygens (including phenoxy) is 1. The highest BCUT2D eigenvalue weighted by Gasteiger charge is 2.14. The van der Waals surface area contributed by atoms with Gasteiger partial charge in [0.15, 0.2) is 5.75 Å². The first-order chi connectivity index (χ1) is 11.0. The molecule has 0 atom stereocenters. The predicted molar refractivity (Wildman–Crippen MR) is 93.9 cm³/mol. The smallest absolute Gasteiger partial charge is 0.311 e. The lowest BCUT2D eigenvalue weighted by Crippen LogP contribution is -2.17. The lowest BCUT2D eigenvalue weighted by atomic mass is 10.2. The van der Waals surface area contributed by atoms with Gasteiger partial charge < -0.3 is 4.74 Å². The van der Waals surface area contributed by atoms with Crippen molar-refractivity contribution < 1.29 is 14.5 Å². The summed E-state index contributed by atoms with van der Waals surface area (Å²) in [5.74, 6) is -0.196. The van der Waals surface area contributed by atoms with Gasteiger partial charge in [0.25, 0.3) is 5.91 Å². The molecule has 0 aromatic heterocycles. The number of benzene rings is 2. The molecule has 118 valence electrons. The molecule has 0 heterocycles. The molecular weight excluding hydrogens is 413 g/mol. The zero-order chi connectivity index (χ0) is 16.8. The second kappa shape index (κ2) is 7.68. The summed E-state index contributed by atoms with van der Waals surface area (Å²) < 4.78 is 5.85.